The van der Waals surface area contributed by atoms with Gasteiger partial charge in [-0.1, -0.05) is 35.5 Å². The summed E-state index contributed by atoms with van der Waals surface area (Å²) in [7, 11) is 0. The van der Waals surface area contributed by atoms with Gasteiger partial charge >= 0.3 is 6.09 Å². The second-order valence-electron chi connectivity index (χ2n) is 4.81. The van der Waals surface area contributed by atoms with Gasteiger partial charge in [-0.3, -0.25) is 9.48 Å². The molecule has 0 spiro atoms. The third kappa shape index (κ3) is 4.58. The molecule has 1 atom stereocenters. The Morgan fingerprint density at radius 1 is 1.32 bits per heavy atom. The van der Waals surface area contributed by atoms with E-state index in [0.29, 0.717) is 12.2 Å². The number of hydrogen-bond donors (Lipinski definition) is 3. The van der Waals surface area contributed by atoms with Gasteiger partial charge in [0.1, 0.15) is 5.69 Å². The number of amides is 2. The zero-order valence-electron chi connectivity index (χ0n) is 11.8. The fourth-order valence-corrected chi connectivity index (χ4v) is 2.05. The molecule has 8 heteroatoms. The Morgan fingerprint density at radius 2 is 2.05 bits per heavy atom. The molecule has 0 bridgehead atoms. The fraction of sp³-hybridized carbons (Fsp3) is 0.286. The Bertz CT molecular complexity index is 625. The van der Waals surface area contributed by atoms with Gasteiger partial charge in [-0.25, -0.2) is 4.79 Å². The molecule has 22 heavy (non-hydrogen) atoms. The Hall–Kier alpha value is -2.90. The van der Waals surface area contributed by atoms with E-state index in [1.54, 1.807) is 10.9 Å². The summed E-state index contributed by atoms with van der Waals surface area (Å²) in [6.07, 6.45) is 0.984. The number of primary amides is 1. The lowest BCUT2D eigenvalue weighted by Crippen LogP contribution is -2.30. The smallest absolute Gasteiger partial charge is 0.405 e. The lowest BCUT2D eigenvalue weighted by Gasteiger charge is -2.11. The number of hydrogen-bond acceptors (Lipinski definition) is 4. The molecule has 0 saturated carbocycles. The number of aromatic nitrogens is 3. The summed E-state index contributed by atoms with van der Waals surface area (Å²) >= 11 is 0. The van der Waals surface area contributed by atoms with Crippen molar-refractivity contribution in [1.82, 2.24) is 20.3 Å². The number of carbonyl (C=O) groups excluding carboxylic acids is 1. The first-order valence-corrected chi connectivity index (χ1v) is 6.76. The van der Waals surface area contributed by atoms with Gasteiger partial charge in [-0.05, 0) is 12.0 Å². The summed E-state index contributed by atoms with van der Waals surface area (Å²) in [5, 5.41) is 18.9. The molecule has 2 amide bonds. The van der Waals surface area contributed by atoms with Crippen molar-refractivity contribution >= 4 is 12.0 Å². The van der Waals surface area contributed by atoms with Crippen molar-refractivity contribution in [2.75, 3.05) is 0 Å². The van der Waals surface area contributed by atoms with E-state index >= 15 is 0 Å². The van der Waals surface area contributed by atoms with Crippen LogP contribution in [0.15, 0.2) is 36.5 Å². The Kier molecular flexibility index (Phi) is 5.07. The van der Waals surface area contributed by atoms with Crippen LogP contribution in [0.3, 0.4) is 0 Å². The molecule has 1 aromatic carbocycles. The van der Waals surface area contributed by atoms with Crippen LogP contribution < -0.4 is 11.1 Å². The topological polar surface area (TPSA) is 123 Å². The Balaban J connectivity index is 2.01. The lowest BCUT2D eigenvalue weighted by molar-refractivity contribution is -0.118. The molecular formula is C14H17N5O3. The molecule has 1 heterocycles. The molecule has 0 radical (unpaired) electrons. The van der Waals surface area contributed by atoms with Crippen molar-refractivity contribution in [1.29, 1.82) is 0 Å². The molecule has 0 saturated heterocycles. The maximum absolute atomic E-state index is 11.0. The highest BCUT2D eigenvalue weighted by Gasteiger charge is 2.20. The highest BCUT2D eigenvalue weighted by atomic mass is 16.4. The minimum Gasteiger partial charge on any atom is -0.465 e. The predicted octanol–water partition coefficient (Wildman–Crippen LogP) is 0.705. The van der Waals surface area contributed by atoms with Crippen LogP contribution in [0, 0.1) is 0 Å². The van der Waals surface area contributed by atoms with Crippen LogP contribution in [0.25, 0.3) is 0 Å². The molecule has 8 nitrogen and oxygen atoms in total. The maximum atomic E-state index is 11.0. The minimum atomic E-state index is -1.25. The number of carboxylic acid groups (broad SMARTS) is 1. The molecule has 0 unspecified atom stereocenters. The number of carbonyl (C=O) groups is 2. The molecule has 2 aromatic rings. The molecular weight excluding hydrogens is 286 g/mol. The molecule has 0 aliphatic rings. The highest BCUT2D eigenvalue weighted by molar-refractivity contribution is 5.75. The van der Waals surface area contributed by atoms with E-state index in [4.69, 9.17) is 10.8 Å². The number of rotatable bonds is 7. The molecule has 0 fully saturated rings. The van der Waals surface area contributed by atoms with E-state index in [9.17, 15) is 9.59 Å². The maximum Gasteiger partial charge on any atom is 0.405 e. The average molecular weight is 303 g/mol. The second-order valence-corrected chi connectivity index (χ2v) is 4.81. The van der Waals surface area contributed by atoms with E-state index < -0.39 is 18.0 Å². The SMILES string of the molecule is NC(=O)C[C@@H](NC(=O)O)c1cn(CCc2ccccc2)nn1. The zero-order chi connectivity index (χ0) is 15.9. The van der Waals surface area contributed by atoms with Crippen LogP contribution >= 0.6 is 0 Å². The third-order valence-corrected chi connectivity index (χ3v) is 3.09. The van der Waals surface area contributed by atoms with Crippen LogP contribution in [-0.4, -0.2) is 32.1 Å². The summed E-state index contributed by atoms with van der Waals surface area (Å²) in [5.41, 5.74) is 6.65. The molecule has 0 aliphatic carbocycles. The van der Waals surface area contributed by atoms with Gasteiger partial charge in [0.25, 0.3) is 0 Å². The molecule has 0 aliphatic heterocycles. The van der Waals surface area contributed by atoms with Crippen LogP contribution in [0.5, 0.6) is 0 Å². The standard InChI is InChI=1S/C14H17N5O3/c15-13(20)8-11(16-14(21)22)12-9-19(18-17-12)7-6-10-4-2-1-3-5-10/h1-5,9,11,16H,6-8H2,(H2,15,20)(H,21,22)/t11-/m1/s1. The molecule has 116 valence electrons. The Labute approximate surface area is 126 Å². The van der Waals surface area contributed by atoms with Crippen molar-refractivity contribution in [3.05, 3.63) is 47.8 Å². The largest absolute Gasteiger partial charge is 0.465 e. The van der Waals surface area contributed by atoms with Gasteiger partial charge in [0.15, 0.2) is 0 Å². The normalized spacial score (nSPS) is 11.8. The summed E-state index contributed by atoms with van der Waals surface area (Å²) in [6, 6.07) is 9.10. The number of nitrogens with zero attached hydrogens (tertiary/aromatic N) is 3. The van der Waals surface area contributed by atoms with Gasteiger partial charge in [-0.15, -0.1) is 5.10 Å². The fourth-order valence-electron chi connectivity index (χ4n) is 2.05. The van der Waals surface area contributed by atoms with Crippen LogP contribution in [0.4, 0.5) is 4.79 Å². The van der Waals surface area contributed by atoms with Crippen molar-refractivity contribution in [2.24, 2.45) is 5.73 Å². The predicted molar refractivity (Wildman–Crippen MR) is 77.9 cm³/mol. The number of benzene rings is 1. The van der Waals surface area contributed by atoms with E-state index in [1.165, 1.54) is 0 Å². The lowest BCUT2D eigenvalue weighted by atomic mass is 10.1. The number of nitrogens with one attached hydrogen (secondary N) is 1. The van der Waals surface area contributed by atoms with Crippen molar-refractivity contribution in [3.8, 4) is 0 Å². The van der Waals surface area contributed by atoms with Crippen molar-refractivity contribution in [2.45, 2.75) is 25.4 Å². The van der Waals surface area contributed by atoms with E-state index in [0.717, 1.165) is 12.0 Å². The molecule has 1 aromatic heterocycles. The summed E-state index contributed by atoms with van der Waals surface area (Å²) in [4.78, 5) is 21.8. The van der Waals surface area contributed by atoms with Crippen molar-refractivity contribution in [3.63, 3.8) is 0 Å². The highest BCUT2D eigenvalue weighted by Crippen LogP contribution is 2.13. The quantitative estimate of drug-likeness (QED) is 0.695. The number of aryl methyl sites for hydroxylation is 2. The second kappa shape index (κ2) is 7.21. The van der Waals surface area contributed by atoms with Crippen LogP contribution in [0.1, 0.15) is 23.7 Å². The van der Waals surface area contributed by atoms with Gasteiger partial charge < -0.3 is 16.2 Å². The third-order valence-electron chi connectivity index (χ3n) is 3.09. The minimum absolute atomic E-state index is 0.163. The first-order valence-electron chi connectivity index (χ1n) is 6.76. The van der Waals surface area contributed by atoms with E-state index in [2.05, 4.69) is 15.6 Å². The molecule has 4 N–H and O–H groups in total. The van der Waals surface area contributed by atoms with Crippen molar-refractivity contribution < 1.29 is 14.7 Å². The zero-order valence-corrected chi connectivity index (χ0v) is 11.8. The van der Waals surface area contributed by atoms with Gasteiger partial charge in [0.05, 0.1) is 18.7 Å². The summed E-state index contributed by atoms with van der Waals surface area (Å²) in [6.45, 7) is 0.605. The first kappa shape index (κ1) is 15.5. The monoisotopic (exact) mass is 303 g/mol. The van der Waals surface area contributed by atoms with Crippen LogP contribution in [-0.2, 0) is 17.8 Å². The van der Waals surface area contributed by atoms with Gasteiger partial charge in [0.2, 0.25) is 5.91 Å². The average Bonchev–Trinajstić information content (AvgIpc) is 2.93. The van der Waals surface area contributed by atoms with Crippen LogP contribution in [0.2, 0.25) is 0 Å². The van der Waals surface area contributed by atoms with Gasteiger partial charge in [-0.2, -0.15) is 0 Å². The van der Waals surface area contributed by atoms with E-state index in [-0.39, 0.29) is 6.42 Å². The first-order chi connectivity index (χ1) is 10.5. The summed E-state index contributed by atoms with van der Waals surface area (Å²) < 4.78 is 1.61. The number of nitrogens with two attached hydrogens (primary N) is 1. The van der Waals surface area contributed by atoms with E-state index in [1.807, 2.05) is 30.3 Å². The van der Waals surface area contributed by atoms with Gasteiger partial charge in [0, 0.05) is 6.54 Å². The Morgan fingerprint density at radius 3 is 2.68 bits per heavy atom. The summed E-state index contributed by atoms with van der Waals surface area (Å²) in [5.74, 6) is -0.613. The molecule has 2 rings (SSSR count).